The normalized spacial score (nSPS) is 26.3. The van der Waals surface area contributed by atoms with E-state index < -0.39 is 0 Å². The highest BCUT2D eigenvalue weighted by Crippen LogP contribution is 2.27. The standard InChI is InChI=1S/C10H17NO2/c1-2-13-10(12)6-8-4-3-5-9(8)7-11/h3-4,8-9H,2,5-7,11H2,1H3/t8-,9+/m1/s1. The first-order valence-electron chi connectivity index (χ1n) is 4.80. The minimum atomic E-state index is -0.113. The van der Waals surface area contributed by atoms with Crippen LogP contribution in [0.5, 0.6) is 0 Å². The first-order chi connectivity index (χ1) is 6.27. The summed E-state index contributed by atoms with van der Waals surface area (Å²) in [5.41, 5.74) is 5.58. The van der Waals surface area contributed by atoms with Crippen LogP contribution in [-0.2, 0) is 9.53 Å². The molecule has 1 aliphatic carbocycles. The Morgan fingerprint density at radius 3 is 3.08 bits per heavy atom. The monoisotopic (exact) mass is 183 g/mol. The van der Waals surface area contributed by atoms with E-state index in [0.717, 1.165) is 6.42 Å². The summed E-state index contributed by atoms with van der Waals surface area (Å²) in [6.45, 7) is 2.93. The highest BCUT2D eigenvalue weighted by Gasteiger charge is 2.24. The molecule has 2 N–H and O–H groups in total. The second kappa shape index (κ2) is 5.02. The molecule has 0 aromatic carbocycles. The minimum absolute atomic E-state index is 0.113. The van der Waals surface area contributed by atoms with Crippen molar-refractivity contribution >= 4 is 5.97 Å². The predicted molar refractivity (Wildman–Crippen MR) is 51.0 cm³/mol. The van der Waals surface area contributed by atoms with Gasteiger partial charge in [-0.1, -0.05) is 12.2 Å². The van der Waals surface area contributed by atoms with Crippen molar-refractivity contribution in [2.75, 3.05) is 13.2 Å². The van der Waals surface area contributed by atoms with Gasteiger partial charge in [-0.15, -0.1) is 0 Å². The lowest BCUT2D eigenvalue weighted by atomic mass is 9.93. The molecule has 3 heteroatoms. The van der Waals surface area contributed by atoms with Crippen LogP contribution in [0.3, 0.4) is 0 Å². The van der Waals surface area contributed by atoms with E-state index in [1.165, 1.54) is 0 Å². The van der Waals surface area contributed by atoms with Gasteiger partial charge in [-0.05, 0) is 31.7 Å². The topological polar surface area (TPSA) is 52.3 Å². The molecule has 0 amide bonds. The molecule has 1 aliphatic rings. The largest absolute Gasteiger partial charge is 0.466 e. The third-order valence-electron chi connectivity index (χ3n) is 2.44. The van der Waals surface area contributed by atoms with E-state index in [9.17, 15) is 4.79 Å². The van der Waals surface area contributed by atoms with Crippen molar-refractivity contribution in [2.24, 2.45) is 17.6 Å². The van der Waals surface area contributed by atoms with Gasteiger partial charge in [-0.3, -0.25) is 4.79 Å². The molecule has 0 unspecified atom stereocenters. The molecule has 3 nitrogen and oxygen atoms in total. The summed E-state index contributed by atoms with van der Waals surface area (Å²) < 4.78 is 4.88. The predicted octanol–water partition coefficient (Wildman–Crippen LogP) is 1.09. The first-order valence-corrected chi connectivity index (χ1v) is 4.80. The second-order valence-electron chi connectivity index (χ2n) is 3.33. The van der Waals surface area contributed by atoms with Crippen molar-refractivity contribution in [2.45, 2.75) is 19.8 Å². The van der Waals surface area contributed by atoms with Crippen LogP contribution in [0.25, 0.3) is 0 Å². The third-order valence-corrected chi connectivity index (χ3v) is 2.44. The van der Waals surface area contributed by atoms with Crippen LogP contribution >= 0.6 is 0 Å². The Morgan fingerprint density at radius 2 is 2.46 bits per heavy atom. The number of esters is 1. The van der Waals surface area contributed by atoms with Crippen molar-refractivity contribution in [1.82, 2.24) is 0 Å². The van der Waals surface area contributed by atoms with Gasteiger partial charge in [-0.25, -0.2) is 0 Å². The first kappa shape index (κ1) is 10.3. The maximum absolute atomic E-state index is 11.2. The van der Waals surface area contributed by atoms with Gasteiger partial charge < -0.3 is 10.5 Å². The molecule has 0 aromatic heterocycles. The Balaban J connectivity index is 2.35. The Hall–Kier alpha value is -0.830. The summed E-state index contributed by atoms with van der Waals surface area (Å²) in [6, 6.07) is 0. The van der Waals surface area contributed by atoms with Gasteiger partial charge in [0.2, 0.25) is 0 Å². The molecular formula is C10H17NO2. The zero-order valence-corrected chi connectivity index (χ0v) is 8.03. The molecule has 13 heavy (non-hydrogen) atoms. The Bertz CT molecular complexity index is 201. The maximum atomic E-state index is 11.2. The molecule has 0 saturated heterocycles. The number of hydrogen-bond donors (Lipinski definition) is 1. The van der Waals surface area contributed by atoms with Gasteiger partial charge in [0.15, 0.2) is 0 Å². The van der Waals surface area contributed by atoms with E-state index in [1.54, 1.807) is 0 Å². The smallest absolute Gasteiger partial charge is 0.306 e. The van der Waals surface area contributed by atoms with Crippen molar-refractivity contribution in [1.29, 1.82) is 0 Å². The molecule has 2 atom stereocenters. The highest BCUT2D eigenvalue weighted by atomic mass is 16.5. The van der Waals surface area contributed by atoms with E-state index in [-0.39, 0.29) is 5.97 Å². The quantitative estimate of drug-likeness (QED) is 0.524. The highest BCUT2D eigenvalue weighted by molar-refractivity contribution is 5.70. The molecule has 1 rings (SSSR count). The second-order valence-corrected chi connectivity index (χ2v) is 3.33. The van der Waals surface area contributed by atoms with Crippen LogP contribution in [0, 0.1) is 11.8 Å². The number of carbonyl (C=O) groups is 1. The van der Waals surface area contributed by atoms with Crippen LogP contribution in [-0.4, -0.2) is 19.1 Å². The molecular weight excluding hydrogens is 166 g/mol. The van der Waals surface area contributed by atoms with Crippen LogP contribution in [0.4, 0.5) is 0 Å². The summed E-state index contributed by atoms with van der Waals surface area (Å²) in [7, 11) is 0. The number of carbonyl (C=O) groups excluding carboxylic acids is 1. The summed E-state index contributed by atoms with van der Waals surface area (Å²) in [5, 5.41) is 0. The molecule has 0 aromatic rings. The molecule has 74 valence electrons. The molecule has 0 radical (unpaired) electrons. The summed E-state index contributed by atoms with van der Waals surface area (Å²) in [5.74, 6) is 0.617. The number of allylic oxidation sites excluding steroid dienone is 2. The molecule has 0 bridgehead atoms. The zero-order valence-electron chi connectivity index (χ0n) is 8.03. The fourth-order valence-corrected chi connectivity index (χ4v) is 1.68. The van der Waals surface area contributed by atoms with E-state index >= 15 is 0 Å². The number of hydrogen-bond acceptors (Lipinski definition) is 3. The van der Waals surface area contributed by atoms with Crippen molar-refractivity contribution in [3.05, 3.63) is 12.2 Å². The van der Waals surface area contributed by atoms with Crippen molar-refractivity contribution in [3.8, 4) is 0 Å². The van der Waals surface area contributed by atoms with Gasteiger partial charge in [0, 0.05) is 0 Å². The minimum Gasteiger partial charge on any atom is -0.466 e. The molecule has 0 spiro atoms. The lowest BCUT2D eigenvalue weighted by Crippen LogP contribution is -2.21. The fraction of sp³-hybridized carbons (Fsp3) is 0.700. The van der Waals surface area contributed by atoms with Crippen LogP contribution < -0.4 is 5.73 Å². The van der Waals surface area contributed by atoms with E-state index in [0.29, 0.717) is 31.4 Å². The number of ether oxygens (including phenoxy) is 1. The average molecular weight is 183 g/mol. The fourth-order valence-electron chi connectivity index (χ4n) is 1.68. The lowest BCUT2D eigenvalue weighted by molar-refractivity contribution is -0.144. The van der Waals surface area contributed by atoms with E-state index in [4.69, 9.17) is 10.5 Å². The molecule has 0 aliphatic heterocycles. The summed E-state index contributed by atoms with van der Waals surface area (Å²) in [6.07, 6.45) is 5.66. The van der Waals surface area contributed by atoms with Crippen LogP contribution in [0.1, 0.15) is 19.8 Å². The molecule has 0 saturated carbocycles. The van der Waals surface area contributed by atoms with Gasteiger partial charge in [0.1, 0.15) is 0 Å². The van der Waals surface area contributed by atoms with E-state index in [1.807, 2.05) is 6.92 Å². The zero-order chi connectivity index (χ0) is 9.68. The average Bonchev–Trinajstić information content (AvgIpc) is 2.52. The number of rotatable bonds is 4. The Morgan fingerprint density at radius 1 is 1.69 bits per heavy atom. The Kier molecular flexibility index (Phi) is 3.96. The van der Waals surface area contributed by atoms with Crippen LogP contribution in [0.2, 0.25) is 0 Å². The van der Waals surface area contributed by atoms with Gasteiger partial charge in [-0.2, -0.15) is 0 Å². The molecule has 0 fully saturated rings. The van der Waals surface area contributed by atoms with E-state index in [2.05, 4.69) is 12.2 Å². The third kappa shape index (κ3) is 2.84. The van der Waals surface area contributed by atoms with Crippen molar-refractivity contribution in [3.63, 3.8) is 0 Å². The summed E-state index contributed by atoms with van der Waals surface area (Å²) >= 11 is 0. The van der Waals surface area contributed by atoms with Gasteiger partial charge >= 0.3 is 5.97 Å². The SMILES string of the molecule is CCOC(=O)C[C@H]1C=CC[C@H]1CN. The van der Waals surface area contributed by atoms with Crippen LogP contribution in [0.15, 0.2) is 12.2 Å². The van der Waals surface area contributed by atoms with Gasteiger partial charge in [0.05, 0.1) is 13.0 Å². The maximum Gasteiger partial charge on any atom is 0.306 e. The lowest BCUT2D eigenvalue weighted by Gasteiger charge is -2.15. The Labute approximate surface area is 78.9 Å². The van der Waals surface area contributed by atoms with Crippen molar-refractivity contribution < 1.29 is 9.53 Å². The summed E-state index contributed by atoms with van der Waals surface area (Å²) in [4.78, 5) is 11.2. The van der Waals surface area contributed by atoms with Gasteiger partial charge in [0.25, 0.3) is 0 Å². The molecule has 0 heterocycles. The number of nitrogens with two attached hydrogens (primary N) is 1.